The van der Waals surface area contributed by atoms with Crippen molar-refractivity contribution in [1.29, 1.82) is 0 Å². The maximum atomic E-state index is 10.9. The molecular weight excluding hydrogens is 306 g/mol. The van der Waals surface area contributed by atoms with Gasteiger partial charge in [-0.05, 0) is 29.8 Å². The third-order valence-electron chi connectivity index (χ3n) is 3.19. The molecule has 0 aliphatic heterocycles. The third kappa shape index (κ3) is 3.06. The molecular formula is C16H12ClNO2S. The van der Waals surface area contributed by atoms with Crippen LogP contribution in [-0.2, 0) is 5.75 Å². The molecule has 0 amide bonds. The minimum absolute atomic E-state index is 0.208. The van der Waals surface area contributed by atoms with Crippen LogP contribution in [-0.4, -0.2) is 16.1 Å². The maximum Gasteiger partial charge on any atom is 0.335 e. The quantitative estimate of drug-likeness (QED) is 0.679. The van der Waals surface area contributed by atoms with E-state index in [2.05, 4.69) is 17.1 Å². The van der Waals surface area contributed by atoms with E-state index in [1.54, 1.807) is 23.9 Å². The number of rotatable bonds is 4. The number of carbonyl (C=O) groups is 1. The van der Waals surface area contributed by atoms with E-state index in [4.69, 9.17) is 16.7 Å². The van der Waals surface area contributed by atoms with Crippen molar-refractivity contribution < 1.29 is 9.90 Å². The summed E-state index contributed by atoms with van der Waals surface area (Å²) < 4.78 is 0. The molecule has 0 unspecified atom stereocenters. The van der Waals surface area contributed by atoms with Gasteiger partial charge in [0.2, 0.25) is 0 Å². The fraction of sp³-hybridized carbons (Fsp3) is 0.0625. The first-order valence-electron chi connectivity index (χ1n) is 6.36. The summed E-state index contributed by atoms with van der Waals surface area (Å²) in [6.45, 7) is 0. The lowest BCUT2D eigenvalue weighted by atomic mass is 10.1. The number of H-pyrrole nitrogens is 1. The van der Waals surface area contributed by atoms with Crippen LogP contribution in [0, 0.1) is 0 Å². The normalized spacial score (nSPS) is 10.9. The SMILES string of the molecule is O=C(O)c1ccc(CSc2cc3ccccc3[nH]2)c(Cl)c1. The van der Waals surface area contributed by atoms with Crippen molar-refractivity contribution in [3.05, 3.63) is 64.7 Å². The molecule has 3 nitrogen and oxygen atoms in total. The lowest BCUT2D eigenvalue weighted by Crippen LogP contribution is -1.96. The van der Waals surface area contributed by atoms with Gasteiger partial charge in [0, 0.05) is 21.7 Å². The second-order valence-electron chi connectivity index (χ2n) is 4.62. The van der Waals surface area contributed by atoms with Crippen LogP contribution in [0.2, 0.25) is 5.02 Å². The van der Waals surface area contributed by atoms with Crippen LogP contribution in [0.3, 0.4) is 0 Å². The molecule has 0 bridgehead atoms. The average molecular weight is 318 g/mol. The topological polar surface area (TPSA) is 53.1 Å². The van der Waals surface area contributed by atoms with Crippen molar-refractivity contribution in [1.82, 2.24) is 4.98 Å². The van der Waals surface area contributed by atoms with Gasteiger partial charge in [-0.3, -0.25) is 0 Å². The minimum Gasteiger partial charge on any atom is -0.478 e. The van der Waals surface area contributed by atoms with E-state index < -0.39 is 5.97 Å². The fourth-order valence-corrected chi connectivity index (χ4v) is 3.36. The van der Waals surface area contributed by atoms with Gasteiger partial charge in [-0.15, -0.1) is 11.8 Å². The number of hydrogen-bond acceptors (Lipinski definition) is 2. The molecule has 0 fully saturated rings. The lowest BCUT2D eigenvalue weighted by molar-refractivity contribution is 0.0697. The van der Waals surface area contributed by atoms with E-state index in [-0.39, 0.29) is 5.56 Å². The van der Waals surface area contributed by atoms with Crippen molar-refractivity contribution in [3.8, 4) is 0 Å². The number of aromatic amines is 1. The van der Waals surface area contributed by atoms with Gasteiger partial charge in [-0.25, -0.2) is 4.79 Å². The number of nitrogens with one attached hydrogen (secondary N) is 1. The first-order valence-corrected chi connectivity index (χ1v) is 7.72. The molecule has 0 saturated heterocycles. The molecule has 21 heavy (non-hydrogen) atoms. The van der Waals surface area contributed by atoms with Gasteiger partial charge in [-0.1, -0.05) is 35.9 Å². The zero-order valence-electron chi connectivity index (χ0n) is 11.0. The number of hydrogen-bond donors (Lipinski definition) is 2. The third-order valence-corrected chi connectivity index (χ3v) is 4.53. The maximum absolute atomic E-state index is 10.9. The number of carboxylic acid groups (broad SMARTS) is 1. The summed E-state index contributed by atoms with van der Waals surface area (Å²) >= 11 is 7.77. The highest BCUT2D eigenvalue weighted by Gasteiger charge is 2.08. The van der Waals surface area contributed by atoms with Crippen molar-refractivity contribution in [2.45, 2.75) is 10.8 Å². The van der Waals surface area contributed by atoms with Crippen LogP contribution in [0.4, 0.5) is 0 Å². The molecule has 0 aliphatic carbocycles. The number of benzene rings is 2. The highest BCUT2D eigenvalue weighted by Crippen LogP contribution is 2.29. The molecule has 0 atom stereocenters. The van der Waals surface area contributed by atoms with E-state index in [1.807, 2.05) is 18.2 Å². The highest BCUT2D eigenvalue weighted by atomic mass is 35.5. The Balaban J connectivity index is 1.76. The van der Waals surface area contributed by atoms with Gasteiger partial charge < -0.3 is 10.1 Å². The molecule has 0 saturated carbocycles. The number of aromatic carboxylic acids is 1. The van der Waals surface area contributed by atoms with E-state index in [0.29, 0.717) is 10.8 Å². The van der Waals surface area contributed by atoms with Gasteiger partial charge in [0.1, 0.15) is 0 Å². The van der Waals surface area contributed by atoms with Crippen LogP contribution in [0.15, 0.2) is 53.6 Å². The van der Waals surface area contributed by atoms with Crippen LogP contribution in [0.25, 0.3) is 10.9 Å². The average Bonchev–Trinajstić information content (AvgIpc) is 2.88. The predicted molar refractivity (Wildman–Crippen MR) is 86.3 cm³/mol. The Bertz CT molecular complexity index is 780. The van der Waals surface area contributed by atoms with Gasteiger partial charge in [0.15, 0.2) is 0 Å². The number of thioether (sulfide) groups is 1. The molecule has 5 heteroatoms. The Morgan fingerprint density at radius 2 is 2.00 bits per heavy atom. The smallest absolute Gasteiger partial charge is 0.335 e. The van der Waals surface area contributed by atoms with Gasteiger partial charge in [-0.2, -0.15) is 0 Å². The summed E-state index contributed by atoms with van der Waals surface area (Å²) in [5.41, 5.74) is 2.23. The molecule has 2 aromatic carbocycles. The summed E-state index contributed by atoms with van der Waals surface area (Å²) in [7, 11) is 0. The Morgan fingerprint density at radius 1 is 1.19 bits per heavy atom. The summed E-state index contributed by atoms with van der Waals surface area (Å²) in [5.74, 6) is -0.280. The monoisotopic (exact) mass is 317 g/mol. The van der Waals surface area contributed by atoms with E-state index in [1.165, 1.54) is 11.5 Å². The second kappa shape index (κ2) is 5.84. The summed E-state index contributed by atoms with van der Waals surface area (Å²) in [6, 6.07) is 15.0. The largest absolute Gasteiger partial charge is 0.478 e. The molecule has 106 valence electrons. The number of para-hydroxylation sites is 1. The molecule has 0 radical (unpaired) electrons. The zero-order chi connectivity index (χ0) is 14.8. The van der Waals surface area contributed by atoms with Gasteiger partial charge in [0.25, 0.3) is 0 Å². The fourth-order valence-electron chi connectivity index (χ4n) is 2.08. The van der Waals surface area contributed by atoms with Crippen molar-refractivity contribution in [2.75, 3.05) is 0 Å². The molecule has 0 spiro atoms. The molecule has 3 rings (SSSR count). The first-order chi connectivity index (χ1) is 10.1. The van der Waals surface area contributed by atoms with Crippen molar-refractivity contribution in [3.63, 3.8) is 0 Å². The predicted octanol–water partition coefficient (Wildman–Crippen LogP) is 4.81. The highest BCUT2D eigenvalue weighted by molar-refractivity contribution is 7.98. The number of carboxylic acids is 1. The number of fused-ring (bicyclic) bond motifs is 1. The summed E-state index contributed by atoms with van der Waals surface area (Å²) in [5, 5.41) is 11.6. The standard InChI is InChI=1S/C16H12ClNO2S/c17-13-7-11(16(19)20)5-6-12(13)9-21-15-8-10-3-1-2-4-14(10)18-15/h1-8,18H,9H2,(H,19,20). The minimum atomic E-state index is -0.966. The number of aromatic nitrogens is 1. The van der Waals surface area contributed by atoms with E-state index >= 15 is 0 Å². The van der Waals surface area contributed by atoms with Gasteiger partial charge >= 0.3 is 5.97 Å². The van der Waals surface area contributed by atoms with Crippen molar-refractivity contribution >= 4 is 40.2 Å². The molecule has 2 N–H and O–H groups in total. The van der Waals surface area contributed by atoms with Crippen LogP contribution in [0.5, 0.6) is 0 Å². The van der Waals surface area contributed by atoms with E-state index in [9.17, 15) is 4.79 Å². The Morgan fingerprint density at radius 3 is 2.71 bits per heavy atom. The Kier molecular flexibility index (Phi) is 3.90. The van der Waals surface area contributed by atoms with Crippen LogP contribution < -0.4 is 0 Å². The molecule has 3 aromatic rings. The Hall–Kier alpha value is -1.91. The van der Waals surface area contributed by atoms with Crippen molar-refractivity contribution in [2.24, 2.45) is 0 Å². The van der Waals surface area contributed by atoms with Crippen LogP contribution in [0.1, 0.15) is 15.9 Å². The summed E-state index contributed by atoms with van der Waals surface area (Å²) in [4.78, 5) is 14.2. The number of halogens is 1. The second-order valence-corrected chi connectivity index (χ2v) is 6.05. The lowest BCUT2D eigenvalue weighted by Gasteiger charge is -2.04. The van der Waals surface area contributed by atoms with E-state index in [0.717, 1.165) is 16.1 Å². The molecule has 1 aromatic heterocycles. The Labute approximate surface area is 130 Å². The first kappa shape index (κ1) is 14.0. The zero-order valence-corrected chi connectivity index (χ0v) is 12.5. The molecule has 1 heterocycles. The summed E-state index contributed by atoms with van der Waals surface area (Å²) in [6.07, 6.45) is 0. The van der Waals surface area contributed by atoms with Crippen LogP contribution >= 0.6 is 23.4 Å². The molecule has 0 aliphatic rings. The van der Waals surface area contributed by atoms with Gasteiger partial charge in [0.05, 0.1) is 10.6 Å².